The van der Waals surface area contributed by atoms with Crippen LogP contribution < -0.4 is 16.4 Å². The third-order valence-electron chi connectivity index (χ3n) is 4.88. The molecule has 0 aliphatic rings. The molecule has 0 saturated carbocycles. The minimum absolute atomic E-state index is 0.334. The van der Waals surface area contributed by atoms with E-state index in [-0.39, 0.29) is 0 Å². The molecule has 0 aliphatic heterocycles. The van der Waals surface area contributed by atoms with Crippen LogP contribution in [0, 0.1) is 0 Å². The van der Waals surface area contributed by atoms with E-state index in [1.54, 1.807) is 36.7 Å². The summed E-state index contributed by atoms with van der Waals surface area (Å²) in [6.07, 6.45) is 3.48. The fourth-order valence-corrected chi connectivity index (χ4v) is 3.85. The molecule has 0 radical (unpaired) electrons. The number of pyridine rings is 1. The van der Waals surface area contributed by atoms with E-state index in [1.165, 1.54) is 11.3 Å². The molecule has 2 amide bonds. The molecule has 0 saturated heterocycles. The number of aliphatic hydroxyl groups is 1. The molecule has 0 unspecified atom stereocenters. The molecule has 4 aromatic rings. The molecule has 0 bridgehead atoms. The Morgan fingerprint density at radius 3 is 2.45 bits per heavy atom. The zero-order chi connectivity index (χ0) is 23.2. The SMILES string of the molecule is Nc1ccc(C(=O)N[C@@H](CO)C(=O)Nc2nc(-c3cccc(-c4ccncc4)c3)cs2)cc1. The van der Waals surface area contributed by atoms with Gasteiger partial charge in [-0.2, -0.15) is 0 Å². The number of carbonyl (C=O) groups excluding carboxylic acids is 2. The van der Waals surface area contributed by atoms with Gasteiger partial charge in [0.15, 0.2) is 5.13 Å². The summed E-state index contributed by atoms with van der Waals surface area (Å²) < 4.78 is 0. The lowest BCUT2D eigenvalue weighted by atomic mass is 10.0. The van der Waals surface area contributed by atoms with Crippen LogP contribution in [0.2, 0.25) is 0 Å². The molecular weight excluding hydrogens is 438 g/mol. The Bertz CT molecular complexity index is 1260. The second-order valence-electron chi connectivity index (χ2n) is 7.17. The van der Waals surface area contributed by atoms with E-state index >= 15 is 0 Å². The summed E-state index contributed by atoms with van der Waals surface area (Å²) in [4.78, 5) is 33.5. The number of thiazole rings is 1. The van der Waals surface area contributed by atoms with E-state index in [0.717, 1.165) is 16.7 Å². The van der Waals surface area contributed by atoms with E-state index in [9.17, 15) is 14.7 Å². The third kappa shape index (κ3) is 5.40. The van der Waals surface area contributed by atoms with Crippen molar-refractivity contribution in [3.05, 3.63) is 84.0 Å². The number of hydrogen-bond donors (Lipinski definition) is 4. The first-order valence-corrected chi connectivity index (χ1v) is 11.0. The van der Waals surface area contributed by atoms with Gasteiger partial charge in [-0.15, -0.1) is 11.3 Å². The van der Waals surface area contributed by atoms with Gasteiger partial charge in [0, 0.05) is 34.6 Å². The first-order valence-electron chi connectivity index (χ1n) is 10.1. The summed E-state index contributed by atoms with van der Waals surface area (Å²) in [5.41, 5.74) is 10.2. The quantitative estimate of drug-likeness (QED) is 0.314. The monoisotopic (exact) mass is 459 g/mol. The van der Waals surface area contributed by atoms with Gasteiger partial charge in [-0.05, 0) is 53.6 Å². The molecule has 4 rings (SSSR count). The Morgan fingerprint density at radius 2 is 1.73 bits per heavy atom. The number of nitrogens with one attached hydrogen (secondary N) is 2. The topological polar surface area (TPSA) is 130 Å². The summed E-state index contributed by atoms with van der Waals surface area (Å²) in [6.45, 7) is -0.557. The maximum atomic E-state index is 12.6. The van der Waals surface area contributed by atoms with Crippen molar-refractivity contribution in [3.8, 4) is 22.4 Å². The Labute approximate surface area is 194 Å². The van der Waals surface area contributed by atoms with Crippen molar-refractivity contribution < 1.29 is 14.7 Å². The molecule has 2 heterocycles. The number of nitrogens with two attached hydrogens (primary N) is 1. The first-order chi connectivity index (χ1) is 16.0. The lowest BCUT2D eigenvalue weighted by Crippen LogP contribution is -2.46. The van der Waals surface area contributed by atoms with E-state index in [2.05, 4.69) is 20.6 Å². The van der Waals surface area contributed by atoms with Crippen molar-refractivity contribution in [3.63, 3.8) is 0 Å². The zero-order valence-electron chi connectivity index (χ0n) is 17.4. The molecule has 0 aliphatic carbocycles. The molecule has 33 heavy (non-hydrogen) atoms. The molecule has 5 N–H and O–H groups in total. The average Bonchev–Trinajstić information content (AvgIpc) is 3.32. The van der Waals surface area contributed by atoms with Crippen molar-refractivity contribution in [2.75, 3.05) is 17.7 Å². The number of benzene rings is 2. The molecule has 2 aromatic carbocycles. The standard InChI is InChI=1S/C24H21N5O3S/c25-19-6-4-16(5-7-19)22(31)27-20(13-30)23(32)29-24-28-21(14-33-24)18-3-1-2-17(12-18)15-8-10-26-11-9-15/h1-12,14,20,30H,13,25H2,(H,27,31)(H,28,29,32)/t20-/m0/s1. The Balaban J connectivity index is 1.44. The number of carbonyl (C=O) groups is 2. The molecule has 9 heteroatoms. The zero-order valence-corrected chi connectivity index (χ0v) is 18.3. The van der Waals surface area contributed by atoms with Gasteiger partial charge in [0.2, 0.25) is 0 Å². The molecule has 0 spiro atoms. The van der Waals surface area contributed by atoms with Gasteiger partial charge in [0.25, 0.3) is 11.8 Å². The molecule has 0 fully saturated rings. The number of aliphatic hydroxyl groups excluding tert-OH is 1. The van der Waals surface area contributed by atoms with Gasteiger partial charge >= 0.3 is 0 Å². The van der Waals surface area contributed by atoms with Crippen LogP contribution in [0.1, 0.15) is 10.4 Å². The van der Waals surface area contributed by atoms with Crippen molar-refractivity contribution in [2.24, 2.45) is 0 Å². The Kier molecular flexibility index (Phi) is 6.72. The second kappa shape index (κ2) is 10.0. The van der Waals surface area contributed by atoms with Gasteiger partial charge < -0.3 is 21.5 Å². The summed E-state index contributed by atoms with van der Waals surface area (Å²) in [5.74, 6) is -1.05. The van der Waals surface area contributed by atoms with Gasteiger partial charge in [-0.3, -0.25) is 14.6 Å². The van der Waals surface area contributed by atoms with Crippen LogP contribution in [0.4, 0.5) is 10.8 Å². The van der Waals surface area contributed by atoms with E-state index < -0.39 is 24.5 Å². The molecule has 8 nitrogen and oxygen atoms in total. The summed E-state index contributed by atoms with van der Waals surface area (Å²) in [5, 5.41) is 17.0. The Morgan fingerprint density at radius 1 is 1.00 bits per heavy atom. The van der Waals surface area contributed by atoms with Gasteiger partial charge in [0.05, 0.1) is 12.3 Å². The predicted octanol–water partition coefficient (Wildman–Crippen LogP) is 3.18. The van der Waals surface area contributed by atoms with Gasteiger partial charge in [-0.25, -0.2) is 4.98 Å². The highest BCUT2D eigenvalue weighted by Crippen LogP contribution is 2.28. The first kappa shape index (κ1) is 22.1. The van der Waals surface area contributed by atoms with E-state index in [4.69, 9.17) is 5.73 Å². The van der Waals surface area contributed by atoms with Crippen LogP contribution in [0.3, 0.4) is 0 Å². The van der Waals surface area contributed by atoms with Crippen LogP contribution in [0.5, 0.6) is 0 Å². The normalized spacial score (nSPS) is 11.5. The van der Waals surface area contributed by atoms with Crippen LogP contribution in [-0.4, -0.2) is 39.5 Å². The van der Waals surface area contributed by atoms with Crippen molar-refractivity contribution >= 4 is 34.0 Å². The third-order valence-corrected chi connectivity index (χ3v) is 5.64. The summed E-state index contributed by atoms with van der Waals surface area (Å²) in [7, 11) is 0. The second-order valence-corrected chi connectivity index (χ2v) is 8.03. The van der Waals surface area contributed by atoms with E-state index in [1.807, 2.05) is 41.8 Å². The molecular formula is C24H21N5O3S. The smallest absolute Gasteiger partial charge is 0.251 e. The number of nitrogen functional groups attached to an aromatic ring is 1. The van der Waals surface area contributed by atoms with Crippen molar-refractivity contribution in [2.45, 2.75) is 6.04 Å². The molecule has 166 valence electrons. The number of hydrogen-bond acceptors (Lipinski definition) is 7. The number of aromatic nitrogens is 2. The lowest BCUT2D eigenvalue weighted by Gasteiger charge is -2.15. The van der Waals surface area contributed by atoms with Crippen LogP contribution >= 0.6 is 11.3 Å². The fourth-order valence-electron chi connectivity index (χ4n) is 3.13. The van der Waals surface area contributed by atoms with Gasteiger partial charge in [0.1, 0.15) is 6.04 Å². The summed E-state index contributed by atoms with van der Waals surface area (Å²) >= 11 is 1.26. The largest absolute Gasteiger partial charge is 0.399 e. The van der Waals surface area contributed by atoms with Crippen LogP contribution in [0.15, 0.2) is 78.4 Å². The minimum atomic E-state index is -1.13. The lowest BCUT2D eigenvalue weighted by molar-refractivity contribution is -0.118. The highest BCUT2D eigenvalue weighted by molar-refractivity contribution is 7.14. The molecule has 2 aromatic heterocycles. The van der Waals surface area contributed by atoms with E-state index in [0.29, 0.717) is 22.1 Å². The average molecular weight is 460 g/mol. The maximum absolute atomic E-state index is 12.6. The Hall–Kier alpha value is -4.08. The highest BCUT2D eigenvalue weighted by atomic mass is 32.1. The van der Waals surface area contributed by atoms with Gasteiger partial charge in [-0.1, -0.05) is 18.2 Å². The number of amides is 2. The number of anilines is 2. The van der Waals surface area contributed by atoms with Crippen molar-refractivity contribution in [1.29, 1.82) is 0 Å². The molecule has 1 atom stereocenters. The van der Waals surface area contributed by atoms with Crippen LogP contribution in [-0.2, 0) is 4.79 Å². The maximum Gasteiger partial charge on any atom is 0.251 e. The predicted molar refractivity (Wildman–Crippen MR) is 129 cm³/mol. The number of nitrogens with zero attached hydrogens (tertiary/aromatic N) is 2. The van der Waals surface area contributed by atoms with Crippen LogP contribution in [0.25, 0.3) is 22.4 Å². The van der Waals surface area contributed by atoms with Crippen molar-refractivity contribution in [1.82, 2.24) is 15.3 Å². The number of rotatable bonds is 7. The fraction of sp³-hybridized carbons (Fsp3) is 0.0833. The highest BCUT2D eigenvalue weighted by Gasteiger charge is 2.22. The summed E-state index contributed by atoms with van der Waals surface area (Å²) in [6, 6.07) is 16.9. The minimum Gasteiger partial charge on any atom is -0.399 e.